The number of amides is 3. The van der Waals surface area contributed by atoms with E-state index in [4.69, 9.17) is 0 Å². The number of aryl methyl sites for hydroxylation is 1. The molecule has 3 fully saturated rings. The molecule has 33 heavy (non-hydrogen) atoms. The highest BCUT2D eigenvalue weighted by atomic mass is 16.2. The second-order valence-electron chi connectivity index (χ2n) is 9.76. The van der Waals surface area contributed by atoms with Crippen molar-refractivity contribution >= 4 is 17.7 Å². The number of nitrogens with zero attached hydrogens (tertiary/aromatic N) is 3. The normalized spacial score (nSPS) is 20.9. The number of rotatable bonds is 8. The highest BCUT2D eigenvalue weighted by Crippen LogP contribution is 2.31. The molecule has 7 heteroatoms. The molecule has 1 aromatic rings. The van der Waals surface area contributed by atoms with Crippen LogP contribution in [0.2, 0.25) is 0 Å². The van der Waals surface area contributed by atoms with Crippen molar-refractivity contribution in [3.8, 4) is 0 Å². The molecule has 1 unspecified atom stereocenters. The Labute approximate surface area is 197 Å². The molecule has 0 spiro atoms. The van der Waals surface area contributed by atoms with Crippen molar-refractivity contribution in [3.63, 3.8) is 0 Å². The molecule has 1 atom stereocenters. The molecule has 4 rings (SSSR count). The van der Waals surface area contributed by atoms with E-state index in [1.54, 1.807) is 0 Å². The summed E-state index contributed by atoms with van der Waals surface area (Å²) >= 11 is 0. The first-order valence-corrected chi connectivity index (χ1v) is 12.7. The lowest BCUT2D eigenvalue weighted by Gasteiger charge is -2.41. The van der Waals surface area contributed by atoms with Crippen LogP contribution in [0.4, 0.5) is 0 Å². The molecule has 2 aliphatic heterocycles. The van der Waals surface area contributed by atoms with Crippen LogP contribution in [0.5, 0.6) is 0 Å². The minimum atomic E-state index is -0.114. The fourth-order valence-corrected chi connectivity index (χ4v) is 5.66. The van der Waals surface area contributed by atoms with Crippen LogP contribution in [0.25, 0.3) is 0 Å². The molecule has 1 aliphatic carbocycles. The zero-order chi connectivity index (χ0) is 23.2. The van der Waals surface area contributed by atoms with E-state index >= 15 is 0 Å². The Morgan fingerprint density at radius 3 is 2.42 bits per heavy atom. The van der Waals surface area contributed by atoms with Gasteiger partial charge in [-0.15, -0.1) is 0 Å². The Bertz CT molecular complexity index is 844. The second kappa shape index (κ2) is 11.1. The first-order chi connectivity index (χ1) is 16.0. The molecular formula is C26H38N4O3. The van der Waals surface area contributed by atoms with Gasteiger partial charge in [-0.1, -0.05) is 31.0 Å². The maximum atomic E-state index is 13.3. The van der Waals surface area contributed by atoms with Crippen LogP contribution in [0.1, 0.15) is 60.9 Å². The first kappa shape index (κ1) is 23.7. The van der Waals surface area contributed by atoms with E-state index in [2.05, 4.69) is 10.2 Å². The average Bonchev–Trinajstić information content (AvgIpc) is 3.49. The molecule has 3 amide bonds. The van der Waals surface area contributed by atoms with Gasteiger partial charge in [-0.3, -0.25) is 19.3 Å². The van der Waals surface area contributed by atoms with Gasteiger partial charge in [0.05, 0.1) is 6.04 Å². The number of nitrogens with one attached hydrogen (secondary N) is 1. The lowest BCUT2D eigenvalue weighted by Crippen LogP contribution is -2.58. The van der Waals surface area contributed by atoms with E-state index in [-0.39, 0.29) is 23.8 Å². The number of hydrogen-bond donors (Lipinski definition) is 1. The summed E-state index contributed by atoms with van der Waals surface area (Å²) in [6, 6.07) is 7.63. The highest BCUT2D eigenvalue weighted by Gasteiger charge is 2.37. The minimum absolute atomic E-state index is 0.0890. The van der Waals surface area contributed by atoms with E-state index in [0.717, 1.165) is 63.0 Å². The molecule has 0 bridgehead atoms. The number of hydrogen-bond acceptors (Lipinski definition) is 4. The molecule has 3 aliphatic rings. The number of carbonyl (C=O) groups is 3. The minimum Gasteiger partial charge on any atom is -0.355 e. The molecule has 1 saturated carbocycles. The van der Waals surface area contributed by atoms with Crippen LogP contribution in [0.3, 0.4) is 0 Å². The van der Waals surface area contributed by atoms with E-state index in [0.29, 0.717) is 32.0 Å². The van der Waals surface area contributed by atoms with Crippen LogP contribution in [0, 0.1) is 12.8 Å². The summed E-state index contributed by atoms with van der Waals surface area (Å²) in [5, 5.41) is 3.16. The van der Waals surface area contributed by atoms with Gasteiger partial charge in [0.15, 0.2) is 0 Å². The van der Waals surface area contributed by atoms with Gasteiger partial charge in [-0.25, -0.2) is 0 Å². The van der Waals surface area contributed by atoms with Crippen LogP contribution in [-0.2, 0) is 9.59 Å². The Hall–Kier alpha value is -2.41. The van der Waals surface area contributed by atoms with Crippen molar-refractivity contribution < 1.29 is 14.4 Å². The Kier molecular flexibility index (Phi) is 8.02. The maximum absolute atomic E-state index is 13.3. The summed E-state index contributed by atoms with van der Waals surface area (Å²) in [7, 11) is 0. The third-order valence-corrected chi connectivity index (χ3v) is 7.56. The molecule has 2 saturated heterocycles. The summed E-state index contributed by atoms with van der Waals surface area (Å²) in [4.78, 5) is 44.2. The number of piperazine rings is 1. The van der Waals surface area contributed by atoms with Crippen molar-refractivity contribution in [2.24, 2.45) is 5.92 Å². The van der Waals surface area contributed by atoms with Crippen LogP contribution < -0.4 is 5.32 Å². The van der Waals surface area contributed by atoms with Gasteiger partial charge in [0.25, 0.3) is 5.91 Å². The summed E-state index contributed by atoms with van der Waals surface area (Å²) in [5.74, 6) is 0.839. The second-order valence-corrected chi connectivity index (χ2v) is 9.76. The van der Waals surface area contributed by atoms with Crippen LogP contribution in [-0.4, -0.2) is 84.3 Å². The van der Waals surface area contributed by atoms with Crippen molar-refractivity contribution in [2.75, 3.05) is 45.8 Å². The smallest absolute Gasteiger partial charge is 0.254 e. The zero-order valence-electron chi connectivity index (χ0n) is 19.9. The predicted molar refractivity (Wildman–Crippen MR) is 128 cm³/mol. The number of benzene rings is 1. The average molecular weight is 455 g/mol. The lowest BCUT2D eigenvalue weighted by molar-refractivity contribution is -0.129. The summed E-state index contributed by atoms with van der Waals surface area (Å²) in [6.07, 6.45) is 7.00. The van der Waals surface area contributed by atoms with Gasteiger partial charge in [0.1, 0.15) is 0 Å². The van der Waals surface area contributed by atoms with E-state index in [9.17, 15) is 14.4 Å². The predicted octanol–water partition coefficient (Wildman–Crippen LogP) is 2.44. The maximum Gasteiger partial charge on any atom is 0.254 e. The standard InChI is InChI=1S/C26H38N4O3/c1-20-8-2-5-11-22(20)26(33)30-18-16-29(17-19-30)24(21-9-3-4-10-21)25(32)27-13-7-15-28-14-6-12-23(28)31/h2,5,8,11,21,24H,3-4,6-7,9-10,12-19H2,1H3,(H,27,32). The Balaban J connectivity index is 1.30. The summed E-state index contributed by atoms with van der Waals surface area (Å²) in [5.41, 5.74) is 1.77. The molecule has 1 aromatic carbocycles. The third-order valence-electron chi connectivity index (χ3n) is 7.56. The highest BCUT2D eigenvalue weighted by molar-refractivity contribution is 5.95. The molecule has 2 heterocycles. The molecule has 7 nitrogen and oxygen atoms in total. The Morgan fingerprint density at radius 2 is 1.76 bits per heavy atom. The van der Waals surface area contributed by atoms with Crippen LogP contribution >= 0.6 is 0 Å². The van der Waals surface area contributed by atoms with E-state index in [1.165, 1.54) is 12.8 Å². The first-order valence-electron chi connectivity index (χ1n) is 12.7. The fourth-order valence-electron chi connectivity index (χ4n) is 5.66. The number of carbonyl (C=O) groups excluding carboxylic acids is 3. The molecule has 0 radical (unpaired) electrons. The topological polar surface area (TPSA) is 73.0 Å². The van der Waals surface area contributed by atoms with Gasteiger partial charge >= 0.3 is 0 Å². The summed E-state index contributed by atoms with van der Waals surface area (Å²) in [6.45, 7) is 6.93. The van der Waals surface area contributed by atoms with Gasteiger partial charge in [0, 0.05) is 57.8 Å². The molecule has 0 aromatic heterocycles. The fraction of sp³-hybridized carbons (Fsp3) is 0.654. The summed E-state index contributed by atoms with van der Waals surface area (Å²) < 4.78 is 0. The third kappa shape index (κ3) is 5.75. The SMILES string of the molecule is Cc1ccccc1C(=O)N1CCN(C(C(=O)NCCCN2CCCC2=O)C2CCCC2)CC1. The van der Waals surface area contributed by atoms with Gasteiger partial charge in [0.2, 0.25) is 11.8 Å². The van der Waals surface area contributed by atoms with E-state index < -0.39 is 0 Å². The largest absolute Gasteiger partial charge is 0.355 e. The van der Waals surface area contributed by atoms with Crippen molar-refractivity contribution in [1.82, 2.24) is 20.0 Å². The molecular weight excluding hydrogens is 416 g/mol. The molecule has 1 N–H and O–H groups in total. The quantitative estimate of drug-likeness (QED) is 0.613. The van der Waals surface area contributed by atoms with Crippen LogP contribution in [0.15, 0.2) is 24.3 Å². The zero-order valence-corrected chi connectivity index (χ0v) is 19.9. The Morgan fingerprint density at radius 1 is 1.03 bits per heavy atom. The van der Waals surface area contributed by atoms with Gasteiger partial charge in [-0.2, -0.15) is 0 Å². The van der Waals surface area contributed by atoms with Gasteiger partial charge in [-0.05, 0) is 50.2 Å². The number of likely N-dealkylation sites (tertiary alicyclic amines) is 1. The van der Waals surface area contributed by atoms with Gasteiger partial charge < -0.3 is 15.1 Å². The van der Waals surface area contributed by atoms with Crippen molar-refractivity contribution in [1.29, 1.82) is 0 Å². The van der Waals surface area contributed by atoms with Crippen molar-refractivity contribution in [3.05, 3.63) is 35.4 Å². The van der Waals surface area contributed by atoms with Crippen molar-refractivity contribution in [2.45, 2.75) is 57.9 Å². The molecule has 180 valence electrons. The lowest BCUT2D eigenvalue weighted by atomic mass is 9.95. The monoisotopic (exact) mass is 454 g/mol. The van der Waals surface area contributed by atoms with E-state index in [1.807, 2.05) is 41.0 Å².